The number of nitrogens with one attached hydrogen (secondary N) is 1. The molecule has 9 nitrogen and oxygen atoms in total. The number of rotatable bonds is 8. The Balaban J connectivity index is 1.62. The molecule has 0 saturated carbocycles. The number of hydrogen-bond acceptors (Lipinski definition) is 8. The Morgan fingerprint density at radius 2 is 1.92 bits per heavy atom. The van der Waals surface area contributed by atoms with Gasteiger partial charge in [0.05, 0.1) is 29.7 Å². The summed E-state index contributed by atoms with van der Waals surface area (Å²) in [7, 11) is 9.48. The van der Waals surface area contributed by atoms with Crippen molar-refractivity contribution in [2.75, 3.05) is 57.3 Å². The maximum atomic E-state index is 12.0. The zero-order valence-electron chi connectivity index (χ0n) is 21.7. The number of benzene rings is 2. The Hall–Kier alpha value is -4.11. The number of aromatic nitrogens is 3. The molecule has 0 bridgehead atoms. The quantitative estimate of drug-likeness (QED) is 0.284. The first-order valence-electron chi connectivity index (χ1n) is 11.7. The summed E-state index contributed by atoms with van der Waals surface area (Å²) in [6, 6.07) is 11.4. The van der Waals surface area contributed by atoms with E-state index in [2.05, 4.69) is 40.3 Å². The maximum absolute atomic E-state index is 12.0. The normalized spacial score (nSPS) is 11.2. The third-order valence-electron chi connectivity index (χ3n) is 6.26. The molecule has 36 heavy (non-hydrogen) atoms. The van der Waals surface area contributed by atoms with E-state index >= 15 is 0 Å². The SMILES string of the molecule is COC(=O)c1ccc2c(-c3ccnc(Nc4cc(N)c(N(C)CCN(C)C)cc4C)n3)cn(C)c2c1. The molecule has 0 amide bonds. The van der Waals surface area contributed by atoms with Crippen LogP contribution in [-0.2, 0) is 11.8 Å². The molecule has 0 aliphatic rings. The Labute approximate surface area is 211 Å². The molecular weight excluding hydrogens is 454 g/mol. The van der Waals surface area contributed by atoms with Crippen LogP contribution in [0.4, 0.5) is 23.0 Å². The summed E-state index contributed by atoms with van der Waals surface area (Å²) < 4.78 is 6.83. The molecule has 0 fully saturated rings. The number of methoxy groups -OCH3 is 1. The second-order valence-electron chi connectivity index (χ2n) is 9.22. The smallest absolute Gasteiger partial charge is 0.337 e. The molecule has 0 atom stereocenters. The minimum Gasteiger partial charge on any atom is -0.465 e. The largest absolute Gasteiger partial charge is 0.465 e. The van der Waals surface area contributed by atoms with Gasteiger partial charge in [-0.25, -0.2) is 14.8 Å². The Bertz CT molecular complexity index is 1410. The van der Waals surface area contributed by atoms with Crippen molar-refractivity contribution in [1.29, 1.82) is 0 Å². The van der Waals surface area contributed by atoms with Gasteiger partial charge in [-0.15, -0.1) is 0 Å². The summed E-state index contributed by atoms with van der Waals surface area (Å²) in [6.45, 7) is 3.85. The topological polar surface area (TPSA) is 102 Å². The number of esters is 1. The lowest BCUT2D eigenvalue weighted by molar-refractivity contribution is 0.0601. The van der Waals surface area contributed by atoms with Crippen molar-refractivity contribution in [1.82, 2.24) is 19.4 Å². The highest BCUT2D eigenvalue weighted by molar-refractivity contribution is 6.00. The number of nitrogens with zero attached hydrogens (tertiary/aromatic N) is 5. The first-order valence-corrected chi connectivity index (χ1v) is 11.7. The second-order valence-corrected chi connectivity index (χ2v) is 9.22. The predicted octanol–water partition coefficient (Wildman–Crippen LogP) is 4.05. The molecule has 9 heteroatoms. The zero-order chi connectivity index (χ0) is 26.0. The molecule has 0 radical (unpaired) electrons. The lowest BCUT2D eigenvalue weighted by Gasteiger charge is -2.24. The fourth-order valence-corrected chi connectivity index (χ4v) is 4.17. The summed E-state index contributed by atoms with van der Waals surface area (Å²) in [4.78, 5) is 25.5. The third kappa shape index (κ3) is 5.11. The van der Waals surface area contributed by atoms with E-state index in [0.717, 1.165) is 52.2 Å². The van der Waals surface area contributed by atoms with E-state index in [0.29, 0.717) is 17.2 Å². The van der Waals surface area contributed by atoms with Gasteiger partial charge >= 0.3 is 5.97 Å². The first-order chi connectivity index (χ1) is 17.2. The van der Waals surface area contributed by atoms with Gasteiger partial charge < -0.3 is 30.2 Å². The fraction of sp³-hybridized carbons (Fsp3) is 0.296. The number of carbonyl (C=O) groups is 1. The summed E-state index contributed by atoms with van der Waals surface area (Å²) in [5.41, 5.74) is 13.1. The highest BCUT2D eigenvalue weighted by atomic mass is 16.5. The van der Waals surface area contributed by atoms with E-state index in [1.165, 1.54) is 7.11 Å². The van der Waals surface area contributed by atoms with E-state index in [1.807, 2.05) is 56.0 Å². The lowest BCUT2D eigenvalue weighted by Crippen LogP contribution is -2.29. The molecule has 0 spiro atoms. The van der Waals surface area contributed by atoms with Crippen LogP contribution in [-0.4, -0.2) is 66.7 Å². The maximum Gasteiger partial charge on any atom is 0.337 e. The number of anilines is 4. The van der Waals surface area contributed by atoms with Gasteiger partial charge in [0.2, 0.25) is 5.95 Å². The average molecular weight is 488 g/mol. The number of ether oxygens (including phenoxy) is 1. The number of likely N-dealkylation sites (N-methyl/N-ethyl adjacent to an activating group) is 2. The van der Waals surface area contributed by atoms with E-state index in [9.17, 15) is 4.79 Å². The van der Waals surface area contributed by atoms with Crippen LogP contribution in [0.25, 0.3) is 22.2 Å². The minimum atomic E-state index is -0.363. The minimum absolute atomic E-state index is 0.363. The Morgan fingerprint density at radius 3 is 2.64 bits per heavy atom. The molecule has 4 rings (SSSR count). The molecule has 0 unspecified atom stereocenters. The van der Waals surface area contributed by atoms with Gasteiger partial charge in [-0.3, -0.25) is 0 Å². The molecule has 0 saturated heterocycles. The standard InChI is InChI=1S/C27H33N7O2/c1-17-13-25(33(4)12-11-32(2)3)21(28)15-23(17)31-27-29-10-9-22(30-27)20-16-34(5)24-14-18(26(35)36-6)7-8-19(20)24/h7-10,13-16H,11-12,28H2,1-6H3,(H,29,30,31). The van der Waals surface area contributed by atoms with Gasteiger partial charge in [-0.1, -0.05) is 6.07 Å². The average Bonchev–Trinajstić information content (AvgIpc) is 3.20. The summed E-state index contributed by atoms with van der Waals surface area (Å²) in [5.74, 6) is 0.115. The number of nitrogen functional groups attached to an aromatic ring is 1. The number of hydrogen-bond donors (Lipinski definition) is 2. The molecule has 188 valence electrons. The van der Waals surface area contributed by atoms with Gasteiger partial charge in [0.25, 0.3) is 0 Å². The van der Waals surface area contributed by atoms with Crippen LogP contribution < -0.4 is 16.0 Å². The molecule has 0 aliphatic carbocycles. The summed E-state index contributed by atoms with van der Waals surface area (Å²) in [5, 5.41) is 4.32. The second kappa shape index (κ2) is 10.2. The van der Waals surface area contributed by atoms with Crippen molar-refractivity contribution in [3.05, 3.63) is 59.9 Å². The molecule has 3 N–H and O–H groups in total. The first kappa shape index (κ1) is 25.0. The van der Waals surface area contributed by atoms with E-state index in [4.69, 9.17) is 15.5 Å². The summed E-state index contributed by atoms with van der Waals surface area (Å²) in [6.07, 6.45) is 3.73. The van der Waals surface area contributed by atoms with Crippen molar-refractivity contribution in [3.8, 4) is 11.3 Å². The van der Waals surface area contributed by atoms with Gasteiger partial charge in [0.15, 0.2) is 0 Å². The van der Waals surface area contributed by atoms with Crippen LogP contribution in [0.2, 0.25) is 0 Å². The Kier molecular flexibility index (Phi) is 7.12. The van der Waals surface area contributed by atoms with Crippen LogP contribution in [0.5, 0.6) is 0 Å². The lowest BCUT2D eigenvalue weighted by atomic mass is 10.1. The number of aryl methyl sites for hydroxylation is 2. The van der Waals surface area contributed by atoms with Crippen molar-refractivity contribution in [2.45, 2.75) is 6.92 Å². The van der Waals surface area contributed by atoms with Crippen LogP contribution in [0.15, 0.2) is 48.8 Å². The van der Waals surface area contributed by atoms with Crippen molar-refractivity contribution >= 4 is 39.9 Å². The summed E-state index contributed by atoms with van der Waals surface area (Å²) >= 11 is 0. The van der Waals surface area contributed by atoms with Gasteiger partial charge in [-0.2, -0.15) is 0 Å². The van der Waals surface area contributed by atoms with Crippen molar-refractivity contribution in [3.63, 3.8) is 0 Å². The van der Waals surface area contributed by atoms with Gasteiger partial charge in [-0.05, 0) is 56.9 Å². The monoisotopic (exact) mass is 487 g/mol. The van der Waals surface area contributed by atoms with Crippen molar-refractivity contribution < 1.29 is 9.53 Å². The highest BCUT2D eigenvalue weighted by Crippen LogP contribution is 2.33. The zero-order valence-corrected chi connectivity index (χ0v) is 21.7. The van der Waals surface area contributed by atoms with E-state index in [1.54, 1.807) is 12.3 Å². The van der Waals surface area contributed by atoms with Gasteiger partial charge in [0, 0.05) is 61.7 Å². The number of nitrogens with two attached hydrogens (primary N) is 1. The van der Waals surface area contributed by atoms with E-state index in [-0.39, 0.29) is 5.97 Å². The van der Waals surface area contributed by atoms with Crippen LogP contribution in [0, 0.1) is 6.92 Å². The van der Waals surface area contributed by atoms with Crippen LogP contribution in [0.3, 0.4) is 0 Å². The van der Waals surface area contributed by atoms with Gasteiger partial charge in [0.1, 0.15) is 0 Å². The molecule has 2 aromatic carbocycles. The molecule has 4 aromatic rings. The fourth-order valence-electron chi connectivity index (χ4n) is 4.17. The molecular formula is C27H33N7O2. The molecule has 0 aliphatic heterocycles. The number of fused-ring (bicyclic) bond motifs is 1. The third-order valence-corrected chi connectivity index (χ3v) is 6.26. The van der Waals surface area contributed by atoms with Crippen LogP contribution >= 0.6 is 0 Å². The molecule has 2 aromatic heterocycles. The van der Waals surface area contributed by atoms with E-state index < -0.39 is 0 Å². The molecule has 2 heterocycles. The Morgan fingerprint density at radius 1 is 1.14 bits per heavy atom. The van der Waals surface area contributed by atoms with Crippen LogP contribution in [0.1, 0.15) is 15.9 Å². The number of carbonyl (C=O) groups excluding carboxylic acids is 1. The van der Waals surface area contributed by atoms with Crippen molar-refractivity contribution in [2.24, 2.45) is 7.05 Å². The predicted molar refractivity (Wildman–Crippen MR) is 146 cm³/mol. The highest BCUT2D eigenvalue weighted by Gasteiger charge is 2.15.